The Morgan fingerprint density at radius 3 is 2.61 bits per heavy atom. The number of sulfone groups is 1. The van der Waals surface area contributed by atoms with E-state index in [2.05, 4.69) is 26.3 Å². The summed E-state index contributed by atoms with van der Waals surface area (Å²) in [5.74, 6) is -0.677. The number of amides is 1. The van der Waals surface area contributed by atoms with Crippen molar-refractivity contribution in [3.05, 3.63) is 58.4 Å². The first-order valence-corrected chi connectivity index (χ1v) is 11.2. The second kappa shape index (κ2) is 6.66. The molecule has 1 fully saturated rings. The Labute approximate surface area is 169 Å². The molecule has 1 aliphatic heterocycles. The first kappa shape index (κ1) is 19.1. The van der Waals surface area contributed by atoms with Crippen molar-refractivity contribution in [2.24, 2.45) is 0 Å². The first-order chi connectivity index (χ1) is 13.2. The number of halogens is 2. The van der Waals surface area contributed by atoms with Gasteiger partial charge in [0.1, 0.15) is 10.4 Å². The topological polar surface area (TPSA) is 81.1 Å². The quantitative estimate of drug-likeness (QED) is 0.643. The molecule has 1 unspecified atom stereocenters. The van der Waals surface area contributed by atoms with Crippen LogP contribution in [0.3, 0.4) is 0 Å². The molecule has 0 radical (unpaired) electrons. The molecule has 6 nitrogen and oxygen atoms in total. The molecule has 3 aromatic rings. The van der Waals surface area contributed by atoms with Gasteiger partial charge in [0.05, 0.1) is 28.2 Å². The van der Waals surface area contributed by atoms with Crippen LogP contribution in [0.4, 0.5) is 4.39 Å². The number of aromatic nitrogens is 2. The minimum Gasteiger partial charge on any atom is -0.346 e. The standard InChI is InChI=1S/C19H17BrFN3O3S/c1-19(8-9-28(26,27)11-19)22-18(25)12-2-7-15-16(10-12)24(23-17(15)20)14-5-3-13(21)4-6-14/h2-7,10H,8-9,11H2,1H3,(H,22,25). The van der Waals surface area contributed by atoms with Crippen LogP contribution < -0.4 is 5.32 Å². The summed E-state index contributed by atoms with van der Waals surface area (Å²) < 4.78 is 39.0. The fourth-order valence-corrected chi connectivity index (χ4v) is 6.04. The molecule has 1 atom stereocenters. The predicted molar refractivity (Wildman–Crippen MR) is 108 cm³/mol. The number of fused-ring (bicyclic) bond motifs is 1. The fraction of sp³-hybridized carbons (Fsp3) is 0.263. The molecule has 1 amide bonds. The van der Waals surface area contributed by atoms with Crippen molar-refractivity contribution in [2.75, 3.05) is 11.5 Å². The summed E-state index contributed by atoms with van der Waals surface area (Å²) in [7, 11) is -3.13. The van der Waals surface area contributed by atoms with Crippen LogP contribution in [-0.2, 0) is 9.84 Å². The van der Waals surface area contributed by atoms with Gasteiger partial charge < -0.3 is 5.32 Å². The highest BCUT2D eigenvalue weighted by Gasteiger charge is 2.39. The Balaban J connectivity index is 1.70. The number of nitrogens with zero attached hydrogens (tertiary/aromatic N) is 2. The predicted octanol–water partition coefficient (Wildman–Crippen LogP) is 3.23. The number of rotatable bonds is 3. The van der Waals surface area contributed by atoms with Gasteiger partial charge in [0.2, 0.25) is 0 Å². The molecule has 0 aliphatic carbocycles. The van der Waals surface area contributed by atoms with E-state index in [0.29, 0.717) is 27.8 Å². The minimum atomic E-state index is -3.13. The second-order valence-corrected chi connectivity index (χ2v) is 10.2. The van der Waals surface area contributed by atoms with Gasteiger partial charge in [-0.2, -0.15) is 5.10 Å². The van der Waals surface area contributed by atoms with Gasteiger partial charge in [-0.3, -0.25) is 4.79 Å². The van der Waals surface area contributed by atoms with E-state index in [1.165, 1.54) is 12.1 Å². The Morgan fingerprint density at radius 2 is 1.96 bits per heavy atom. The molecule has 0 spiro atoms. The molecule has 146 valence electrons. The van der Waals surface area contributed by atoms with Crippen molar-refractivity contribution in [1.29, 1.82) is 0 Å². The summed E-state index contributed by atoms with van der Waals surface area (Å²) >= 11 is 3.41. The molecule has 2 aromatic carbocycles. The van der Waals surface area contributed by atoms with Gasteiger partial charge in [0.25, 0.3) is 5.91 Å². The zero-order chi connectivity index (χ0) is 20.1. The van der Waals surface area contributed by atoms with Crippen LogP contribution in [0.1, 0.15) is 23.7 Å². The minimum absolute atomic E-state index is 0.0625. The largest absolute Gasteiger partial charge is 0.346 e. The zero-order valence-corrected chi connectivity index (χ0v) is 17.3. The van der Waals surface area contributed by atoms with Crippen LogP contribution in [0.25, 0.3) is 16.6 Å². The van der Waals surface area contributed by atoms with E-state index in [-0.39, 0.29) is 23.2 Å². The molecule has 1 aliphatic rings. The lowest BCUT2D eigenvalue weighted by Crippen LogP contribution is -2.46. The summed E-state index contributed by atoms with van der Waals surface area (Å²) in [6.45, 7) is 1.74. The van der Waals surface area contributed by atoms with E-state index in [1.807, 2.05) is 0 Å². The number of hydrogen-bond acceptors (Lipinski definition) is 4. The van der Waals surface area contributed by atoms with Gasteiger partial charge in [-0.15, -0.1) is 0 Å². The van der Waals surface area contributed by atoms with E-state index >= 15 is 0 Å². The smallest absolute Gasteiger partial charge is 0.251 e. The van der Waals surface area contributed by atoms with Gasteiger partial charge in [0, 0.05) is 10.9 Å². The zero-order valence-electron chi connectivity index (χ0n) is 14.9. The average molecular weight is 466 g/mol. The van der Waals surface area contributed by atoms with Crippen LogP contribution in [0.2, 0.25) is 0 Å². The third-order valence-electron chi connectivity index (χ3n) is 4.89. The Hall–Kier alpha value is -2.26. The summed E-state index contributed by atoms with van der Waals surface area (Å²) in [6, 6.07) is 11.0. The molecule has 9 heteroatoms. The van der Waals surface area contributed by atoms with Gasteiger partial charge in [-0.25, -0.2) is 17.5 Å². The highest BCUT2D eigenvalue weighted by atomic mass is 79.9. The maximum atomic E-state index is 13.2. The van der Waals surface area contributed by atoms with Gasteiger partial charge in [-0.05, 0) is 71.7 Å². The van der Waals surface area contributed by atoms with E-state index in [1.54, 1.807) is 41.9 Å². The third kappa shape index (κ3) is 3.56. The van der Waals surface area contributed by atoms with Crippen molar-refractivity contribution in [1.82, 2.24) is 15.1 Å². The molecule has 0 bridgehead atoms. The Kier molecular flexibility index (Phi) is 4.54. The molecule has 2 heterocycles. The molecule has 1 saturated heterocycles. The Morgan fingerprint density at radius 1 is 1.25 bits per heavy atom. The summed E-state index contributed by atoms with van der Waals surface area (Å²) in [5, 5.41) is 8.08. The number of carbonyl (C=O) groups is 1. The van der Waals surface area contributed by atoms with Gasteiger partial charge in [0.15, 0.2) is 9.84 Å². The molecular formula is C19H17BrFN3O3S. The maximum Gasteiger partial charge on any atom is 0.251 e. The van der Waals surface area contributed by atoms with E-state index < -0.39 is 15.4 Å². The van der Waals surface area contributed by atoms with Crippen molar-refractivity contribution in [3.8, 4) is 5.69 Å². The summed E-state index contributed by atoms with van der Waals surface area (Å²) in [4.78, 5) is 12.8. The van der Waals surface area contributed by atoms with Crippen molar-refractivity contribution in [2.45, 2.75) is 18.9 Å². The van der Waals surface area contributed by atoms with Crippen LogP contribution in [0, 0.1) is 5.82 Å². The summed E-state index contributed by atoms with van der Waals surface area (Å²) in [6.07, 6.45) is 0.391. The van der Waals surface area contributed by atoms with Crippen molar-refractivity contribution < 1.29 is 17.6 Å². The lowest BCUT2D eigenvalue weighted by Gasteiger charge is -2.23. The summed E-state index contributed by atoms with van der Waals surface area (Å²) in [5.41, 5.74) is 0.954. The van der Waals surface area contributed by atoms with E-state index in [4.69, 9.17) is 0 Å². The fourth-order valence-electron chi connectivity index (χ4n) is 3.45. The molecule has 1 N–H and O–H groups in total. The maximum absolute atomic E-state index is 13.2. The van der Waals surface area contributed by atoms with Crippen molar-refractivity contribution >= 4 is 42.6 Å². The van der Waals surface area contributed by atoms with Crippen LogP contribution in [0.5, 0.6) is 0 Å². The average Bonchev–Trinajstić information content (AvgIpc) is 3.11. The second-order valence-electron chi connectivity index (χ2n) is 7.27. The molecule has 0 saturated carbocycles. The highest BCUT2D eigenvalue weighted by Crippen LogP contribution is 2.28. The SMILES string of the molecule is CC1(NC(=O)c2ccc3c(Br)nn(-c4ccc(F)cc4)c3c2)CCS(=O)(=O)C1. The highest BCUT2D eigenvalue weighted by molar-refractivity contribution is 9.10. The first-order valence-electron chi connectivity index (χ1n) is 8.63. The van der Waals surface area contributed by atoms with E-state index in [9.17, 15) is 17.6 Å². The normalized spacial score (nSPS) is 21.1. The number of carbonyl (C=O) groups excluding carboxylic acids is 1. The van der Waals surface area contributed by atoms with Gasteiger partial charge >= 0.3 is 0 Å². The number of nitrogens with one attached hydrogen (secondary N) is 1. The Bertz CT molecular complexity index is 1190. The molecular weight excluding hydrogens is 449 g/mol. The van der Waals surface area contributed by atoms with Crippen LogP contribution in [0.15, 0.2) is 47.1 Å². The lowest BCUT2D eigenvalue weighted by molar-refractivity contribution is 0.0915. The van der Waals surface area contributed by atoms with Crippen LogP contribution in [-0.4, -0.2) is 41.2 Å². The van der Waals surface area contributed by atoms with Crippen LogP contribution >= 0.6 is 15.9 Å². The van der Waals surface area contributed by atoms with E-state index in [0.717, 1.165) is 5.39 Å². The molecule has 28 heavy (non-hydrogen) atoms. The lowest BCUT2D eigenvalue weighted by atomic mass is 10.0. The van der Waals surface area contributed by atoms with Crippen molar-refractivity contribution in [3.63, 3.8) is 0 Å². The molecule has 1 aromatic heterocycles. The van der Waals surface area contributed by atoms with Gasteiger partial charge in [-0.1, -0.05) is 0 Å². The third-order valence-corrected chi connectivity index (χ3v) is 7.38. The molecule has 4 rings (SSSR count). The number of benzene rings is 2. The monoisotopic (exact) mass is 465 g/mol. The number of hydrogen-bond donors (Lipinski definition) is 1.